The predicted octanol–water partition coefficient (Wildman–Crippen LogP) is 5.12. The van der Waals surface area contributed by atoms with Crippen molar-refractivity contribution in [1.29, 1.82) is 0 Å². The minimum atomic E-state index is -3.46. The lowest BCUT2D eigenvalue weighted by Crippen LogP contribution is -2.08. The molecule has 116 valence electrons. The van der Waals surface area contributed by atoms with E-state index in [-0.39, 0.29) is 0 Å². The van der Waals surface area contributed by atoms with Crippen LogP contribution in [0.3, 0.4) is 0 Å². The molecular weight excluding hydrogens is 344 g/mol. The van der Waals surface area contributed by atoms with Crippen molar-refractivity contribution in [2.45, 2.75) is 12.8 Å². The Kier molecular flexibility index (Phi) is 3.87. The lowest BCUT2D eigenvalue weighted by molar-refractivity contribution is 0.611. The zero-order valence-electron chi connectivity index (χ0n) is 12.2. The highest BCUT2D eigenvalue weighted by atomic mass is 32.3. The van der Waals surface area contributed by atoms with E-state index in [0.717, 1.165) is 22.7 Å². The molecule has 4 rings (SSSR count). The smallest absolute Gasteiger partial charge is 0.217 e. The van der Waals surface area contributed by atoms with Crippen LogP contribution in [0.5, 0.6) is 0 Å². The van der Waals surface area contributed by atoms with Gasteiger partial charge in [0.05, 0.1) is 0 Å². The maximum Gasteiger partial charge on any atom is 0.219 e. The van der Waals surface area contributed by atoms with Gasteiger partial charge in [-0.15, -0.1) is 0 Å². The molecule has 2 nitrogen and oxygen atoms in total. The highest BCUT2D eigenvalue weighted by molar-refractivity contribution is 8.29. The second kappa shape index (κ2) is 5.89. The van der Waals surface area contributed by atoms with E-state index in [1.54, 1.807) is 12.2 Å². The van der Waals surface area contributed by atoms with Crippen LogP contribution >= 0.6 is 23.5 Å². The van der Waals surface area contributed by atoms with E-state index in [2.05, 4.69) is 12.2 Å². The Labute approximate surface area is 144 Å². The third kappa shape index (κ3) is 2.77. The first-order valence-corrected chi connectivity index (χ1v) is 10.4. The fraction of sp³-hybridized carbons (Fsp3) is 0.111. The maximum absolute atomic E-state index is 13.0. The number of allylic oxidation sites excluding steroid dienone is 12. The van der Waals surface area contributed by atoms with Crippen LogP contribution in [0.25, 0.3) is 0 Å². The minimum absolute atomic E-state index is 0.408. The van der Waals surface area contributed by atoms with Crippen LogP contribution in [-0.4, -0.2) is 8.42 Å². The van der Waals surface area contributed by atoms with Crippen LogP contribution < -0.4 is 0 Å². The molecule has 0 spiro atoms. The molecule has 0 aromatic carbocycles. The molecule has 5 heteroatoms. The van der Waals surface area contributed by atoms with Gasteiger partial charge in [-0.05, 0) is 48.3 Å². The van der Waals surface area contributed by atoms with Gasteiger partial charge in [0, 0.05) is 9.81 Å². The Bertz CT molecular complexity index is 847. The van der Waals surface area contributed by atoms with Gasteiger partial charge in [0.2, 0.25) is 9.84 Å². The third-order valence-corrected chi connectivity index (χ3v) is 8.93. The van der Waals surface area contributed by atoms with Crippen molar-refractivity contribution in [1.82, 2.24) is 0 Å². The van der Waals surface area contributed by atoms with Crippen LogP contribution in [0.2, 0.25) is 0 Å². The molecule has 0 aromatic heterocycles. The molecule has 0 saturated carbocycles. The van der Waals surface area contributed by atoms with Crippen LogP contribution in [0.15, 0.2) is 90.2 Å². The number of sulfone groups is 1. The average Bonchev–Trinajstić information content (AvgIpc) is 2.61. The van der Waals surface area contributed by atoms with Gasteiger partial charge in [0.25, 0.3) is 0 Å². The lowest BCUT2D eigenvalue weighted by atomic mass is 10.1. The fourth-order valence-corrected chi connectivity index (χ4v) is 7.00. The van der Waals surface area contributed by atoms with Crippen molar-refractivity contribution in [2.75, 3.05) is 0 Å². The first-order valence-electron chi connectivity index (χ1n) is 7.31. The monoisotopic (exact) mass is 358 g/mol. The molecule has 4 aliphatic rings. The normalized spacial score (nSPS) is 22.8. The topological polar surface area (TPSA) is 34.1 Å². The standard InChI is InChI=1S/C18H14O2S3/c19-23(20,17-11-9-13-5-1-3-7-15(13)21-17)18-12-10-14-6-2-4-8-16(14)22-18/h1-4,7-12H,5-6H2. The largest absolute Gasteiger partial charge is 0.219 e. The fourth-order valence-electron chi connectivity index (χ4n) is 2.63. The molecule has 0 N–H and O–H groups in total. The van der Waals surface area contributed by atoms with Crippen molar-refractivity contribution in [3.05, 3.63) is 90.2 Å². The molecule has 0 amide bonds. The lowest BCUT2D eigenvalue weighted by Gasteiger charge is -2.22. The number of thioether (sulfide) groups is 2. The quantitative estimate of drug-likeness (QED) is 0.686. The third-order valence-electron chi connectivity index (χ3n) is 3.87. The van der Waals surface area contributed by atoms with Gasteiger partial charge in [0.1, 0.15) is 8.47 Å². The van der Waals surface area contributed by atoms with Gasteiger partial charge in [-0.25, -0.2) is 8.42 Å². The molecule has 0 aromatic rings. The molecule has 2 heterocycles. The summed E-state index contributed by atoms with van der Waals surface area (Å²) < 4.78 is 26.7. The molecule has 2 aliphatic heterocycles. The highest BCUT2D eigenvalue weighted by Crippen LogP contribution is 2.47. The maximum atomic E-state index is 13.0. The molecule has 2 aliphatic carbocycles. The summed E-state index contributed by atoms with van der Waals surface area (Å²) in [5, 5.41) is 0. The van der Waals surface area contributed by atoms with Gasteiger partial charge in [0.15, 0.2) is 0 Å². The van der Waals surface area contributed by atoms with Crippen molar-refractivity contribution in [3.63, 3.8) is 0 Å². The van der Waals surface area contributed by atoms with Gasteiger partial charge in [-0.1, -0.05) is 60.0 Å². The highest BCUT2D eigenvalue weighted by Gasteiger charge is 2.30. The van der Waals surface area contributed by atoms with E-state index in [1.807, 2.05) is 36.5 Å². The van der Waals surface area contributed by atoms with Crippen molar-refractivity contribution >= 4 is 33.4 Å². The Hall–Kier alpha value is -1.43. The molecule has 0 unspecified atom stereocenters. The second-order valence-electron chi connectivity index (χ2n) is 5.39. The van der Waals surface area contributed by atoms with Crippen LogP contribution in [0, 0.1) is 0 Å². The van der Waals surface area contributed by atoms with E-state index >= 15 is 0 Å². The summed E-state index contributed by atoms with van der Waals surface area (Å²) in [5.74, 6) is 0. The Morgan fingerprint density at radius 2 is 1.17 bits per heavy atom. The molecule has 0 atom stereocenters. The molecule has 0 radical (unpaired) electrons. The number of hydrogen-bond acceptors (Lipinski definition) is 4. The summed E-state index contributed by atoms with van der Waals surface area (Å²) in [6.45, 7) is 0. The summed E-state index contributed by atoms with van der Waals surface area (Å²) >= 11 is 2.70. The summed E-state index contributed by atoms with van der Waals surface area (Å²) in [7, 11) is -3.46. The summed E-state index contributed by atoms with van der Waals surface area (Å²) in [6.07, 6.45) is 21.2. The molecule has 0 bridgehead atoms. The zero-order valence-corrected chi connectivity index (χ0v) is 14.7. The Morgan fingerprint density at radius 3 is 1.65 bits per heavy atom. The van der Waals surface area contributed by atoms with Crippen LogP contribution in [0.4, 0.5) is 0 Å². The van der Waals surface area contributed by atoms with Crippen molar-refractivity contribution < 1.29 is 8.42 Å². The molecule has 23 heavy (non-hydrogen) atoms. The van der Waals surface area contributed by atoms with Gasteiger partial charge in [-0.2, -0.15) is 0 Å². The summed E-state index contributed by atoms with van der Waals surface area (Å²) in [4.78, 5) is 2.07. The number of fused-ring (bicyclic) bond motifs is 2. The van der Waals surface area contributed by atoms with Crippen molar-refractivity contribution in [2.24, 2.45) is 0 Å². The van der Waals surface area contributed by atoms with E-state index < -0.39 is 9.84 Å². The first-order chi connectivity index (χ1) is 11.1. The number of rotatable bonds is 2. The van der Waals surface area contributed by atoms with Crippen molar-refractivity contribution in [3.8, 4) is 0 Å². The second-order valence-corrected chi connectivity index (χ2v) is 9.96. The van der Waals surface area contributed by atoms with E-state index in [9.17, 15) is 8.42 Å². The summed E-state index contributed by atoms with van der Waals surface area (Å²) in [5.41, 5.74) is 2.37. The first kappa shape index (κ1) is 15.1. The average molecular weight is 359 g/mol. The summed E-state index contributed by atoms with van der Waals surface area (Å²) in [6, 6.07) is 0. The minimum Gasteiger partial charge on any atom is -0.217 e. The van der Waals surface area contributed by atoms with E-state index in [0.29, 0.717) is 8.47 Å². The van der Waals surface area contributed by atoms with Gasteiger partial charge < -0.3 is 0 Å². The van der Waals surface area contributed by atoms with Crippen LogP contribution in [0.1, 0.15) is 12.8 Å². The van der Waals surface area contributed by atoms with Gasteiger partial charge in [-0.3, -0.25) is 0 Å². The predicted molar refractivity (Wildman–Crippen MR) is 100 cm³/mol. The Balaban J connectivity index is 1.67. The Morgan fingerprint density at radius 1 is 0.696 bits per heavy atom. The van der Waals surface area contributed by atoms with Crippen LogP contribution in [-0.2, 0) is 9.84 Å². The molecular formula is C18H14O2S3. The van der Waals surface area contributed by atoms with Gasteiger partial charge >= 0.3 is 0 Å². The van der Waals surface area contributed by atoms with E-state index in [1.165, 1.54) is 34.7 Å². The SMILES string of the molecule is O=S(=O)(C1=CC=C2CC=CC=C2S1)C1=CC=C2CC=CC=C2S1. The van der Waals surface area contributed by atoms with E-state index in [4.69, 9.17) is 0 Å². The molecule has 0 saturated heterocycles. The zero-order chi connectivity index (χ0) is 15.9. The molecule has 0 fully saturated rings. The number of hydrogen-bond donors (Lipinski definition) is 0.